The van der Waals surface area contributed by atoms with Gasteiger partial charge in [-0.3, -0.25) is 0 Å². The van der Waals surface area contributed by atoms with Crippen molar-refractivity contribution in [3.05, 3.63) is 70.7 Å². The number of rotatable bonds is 5. The van der Waals surface area contributed by atoms with E-state index in [1.807, 2.05) is 30.3 Å². The molecule has 1 N–H and O–H groups in total. The summed E-state index contributed by atoms with van der Waals surface area (Å²) in [5, 5.41) is 15.4. The van der Waals surface area contributed by atoms with E-state index in [0.29, 0.717) is 16.7 Å². The van der Waals surface area contributed by atoms with Crippen LogP contribution in [0.25, 0.3) is 22.0 Å². The number of nitrogens with one attached hydrogen (secondary N) is 1. The predicted molar refractivity (Wildman–Crippen MR) is 130 cm³/mol. The summed E-state index contributed by atoms with van der Waals surface area (Å²) in [6.07, 6.45) is 1.84. The lowest BCUT2D eigenvalue weighted by molar-refractivity contribution is 0.226. The van der Waals surface area contributed by atoms with Crippen molar-refractivity contribution < 1.29 is 4.74 Å². The van der Waals surface area contributed by atoms with Gasteiger partial charge in [-0.15, -0.1) is 10.2 Å². The molecular formula is C24H21BrN4OS. The summed E-state index contributed by atoms with van der Waals surface area (Å²) >= 11 is 5.19. The first-order valence-corrected chi connectivity index (χ1v) is 12.1. The molecule has 7 heteroatoms. The van der Waals surface area contributed by atoms with E-state index in [1.165, 1.54) is 5.39 Å². The molecule has 1 aromatic heterocycles. The van der Waals surface area contributed by atoms with Crippen molar-refractivity contribution in [2.24, 2.45) is 0 Å². The highest BCUT2D eigenvalue weighted by Gasteiger charge is 2.27. The maximum Gasteiger partial charge on any atom is 0.247 e. The zero-order valence-corrected chi connectivity index (χ0v) is 19.4. The summed E-state index contributed by atoms with van der Waals surface area (Å²) in [7, 11) is 0. The van der Waals surface area contributed by atoms with Gasteiger partial charge < -0.3 is 10.1 Å². The highest BCUT2D eigenvalue weighted by atomic mass is 79.9. The molecule has 0 saturated carbocycles. The lowest BCUT2D eigenvalue weighted by Gasteiger charge is -2.21. The van der Waals surface area contributed by atoms with Gasteiger partial charge in [0, 0.05) is 27.0 Å². The molecule has 5 rings (SSSR count). The third-order valence-corrected chi connectivity index (χ3v) is 6.64. The monoisotopic (exact) mass is 492 g/mol. The molecular weight excluding hydrogens is 472 g/mol. The molecule has 1 aliphatic rings. The molecule has 1 aliphatic heterocycles. The fourth-order valence-electron chi connectivity index (χ4n) is 3.66. The van der Waals surface area contributed by atoms with Gasteiger partial charge in [-0.25, -0.2) is 0 Å². The number of aromatic nitrogens is 3. The second kappa shape index (κ2) is 8.85. The number of thioether (sulfide) groups is 1. The van der Waals surface area contributed by atoms with Gasteiger partial charge in [0.1, 0.15) is 0 Å². The SMILES string of the molecule is CCCCSc1nnc2c(n1)O[C@@H](c1cccc3ccccc13)Nc1ccc(Br)cc1-2. The lowest BCUT2D eigenvalue weighted by atomic mass is 10.0. The number of nitrogens with zero attached hydrogens (tertiary/aromatic N) is 3. The molecule has 2 heterocycles. The van der Waals surface area contributed by atoms with E-state index in [4.69, 9.17) is 9.72 Å². The number of anilines is 1. The van der Waals surface area contributed by atoms with Crippen molar-refractivity contribution in [1.29, 1.82) is 0 Å². The van der Waals surface area contributed by atoms with Crippen LogP contribution in [0, 0.1) is 0 Å². The fraction of sp³-hybridized carbons (Fsp3) is 0.208. The van der Waals surface area contributed by atoms with Crippen molar-refractivity contribution in [2.45, 2.75) is 31.1 Å². The van der Waals surface area contributed by atoms with Gasteiger partial charge >= 0.3 is 0 Å². The molecule has 1 atom stereocenters. The molecule has 156 valence electrons. The topological polar surface area (TPSA) is 59.9 Å². The third-order valence-electron chi connectivity index (χ3n) is 5.22. The number of fused-ring (bicyclic) bond motifs is 4. The second-order valence-electron chi connectivity index (χ2n) is 7.35. The van der Waals surface area contributed by atoms with Crippen molar-refractivity contribution >= 4 is 44.2 Å². The van der Waals surface area contributed by atoms with E-state index in [0.717, 1.165) is 45.3 Å². The molecule has 0 saturated heterocycles. The zero-order chi connectivity index (χ0) is 21.2. The quantitative estimate of drug-likeness (QED) is 0.242. The largest absolute Gasteiger partial charge is 0.448 e. The Morgan fingerprint density at radius 2 is 1.94 bits per heavy atom. The Kier molecular flexibility index (Phi) is 5.78. The fourth-order valence-corrected chi connectivity index (χ4v) is 4.88. The van der Waals surface area contributed by atoms with Gasteiger partial charge in [-0.05, 0) is 35.4 Å². The number of benzene rings is 3. The van der Waals surface area contributed by atoms with Gasteiger partial charge in [-0.1, -0.05) is 83.5 Å². The van der Waals surface area contributed by atoms with Crippen LogP contribution in [0.4, 0.5) is 5.69 Å². The summed E-state index contributed by atoms with van der Waals surface area (Å²) in [6.45, 7) is 2.18. The average molecular weight is 493 g/mol. The van der Waals surface area contributed by atoms with Crippen molar-refractivity contribution in [3.8, 4) is 17.1 Å². The predicted octanol–water partition coefficient (Wildman–Crippen LogP) is 6.85. The Labute approximate surface area is 193 Å². The Hall–Kier alpha value is -2.64. The van der Waals surface area contributed by atoms with E-state index in [2.05, 4.69) is 68.7 Å². The van der Waals surface area contributed by atoms with Gasteiger partial charge in [0.2, 0.25) is 11.0 Å². The van der Waals surface area contributed by atoms with Crippen molar-refractivity contribution in [2.75, 3.05) is 11.1 Å². The molecule has 0 spiro atoms. The Morgan fingerprint density at radius 1 is 1.06 bits per heavy atom. The normalized spacial score (nSPS) is 14.8. The van der Waals surface area contributed by atoms with E-state index in [9.17, 15) is 0 Å². The van der Waals surface area contributed by atoms with E-state index >= 15 is 0 Å². The number of hydrogen-bond acceptors (Lipinski definition) is 6. The van der Waals surface area contributed by atoms with Crippen LogP contribution < -0.4 is 10.1 Å². The molecule has 0 radical (unpaired) electrons. The van der Waals surface area contributed by atoms with Crippen LogP contribution in [0.2, 0.25) is 0 Å². The number of ether oxygens (including phenoxy) is 1. The summed E-state index contributed by atoms with van der Waals surface area (Å²) < 4.78 is 7.43. The summed E-state index contributed by atoms with van der Waals surface area (Å²) in [5.41, 5.74) is 3.55. The number of halogens is 1. The van der Waals surface area contributed by atoms with Gasteiger partial charge in [0.25, 0.3) is 0 Å². The summed E-state index contributed by atoms with van der Waals surface area (Å²) in [5.74, 6) is 1.46. The minimum absolute atomic E-state index is 0.405. The molecule has 0 bridgehead atoms. The first-order chi connectivity index (χ1) is 15.2. The maximum absolute atomic E-state index is 6.47. The molecule has 4 aromatic rings. The molecule has 0 amide bonds. The second-order valence-corrected chi connectivity index (χ2v) is 9.33. The molecule has 0 fully saturated rings. The Bertz CT molecular complexity index is 1240. The maximum atomic E-state index is 6.47. The smallest absolute Gasteiger partial charge is 0.247 e. The van der Waals surface area contributed by atoms with E-state index in [-0.39, 0.29) is 0 Å². The van der Waals surface area contributed by atoms with Crippen molar-refractivity contribution in [3.63, 3.8) is 0 Å². The van der Waals surface area contributed by atoms with Crippen LogP contribution in [0.5, 0.6) is 5.88 Å². The van der Waals surface area contributed by atoms with Crippen LogP contribution in [-0.2, 0) is 0 Å². The molecule has 3 aromatic carbocycles. The standard InChI is InChI=1S/C24H21BrN4OS/c1-2-3-13-31-24-27-23-21(28-29-24)19-14-16(25)11-12-20(19)26-22(30-23)18-10-6-8-15-7-4-5-9-17(15)18/h4-12,14,22,26H,2-3,13H2,1H3/t22-/m0/s1. The van der Waals surface area contributed by atoms with Crippen LogP contribution in [0.3, 0.4) is 0 Å². The number of unbranched alkanes of at least 4 members (excludes halogenated alkanes) is 1. The van der Waals surface area contributed by atoms with E-state index < -0.39 is 6.23 Å². The lowest BCUT2D eigenvalue weighted by Crippen LogP contribution is -2.17. The summed E-state index contributed by atoms with van der Waals surface area (Å²) in [6, 6.07) is 20.6. The van der Waals surface area contributed by atoms with Gasteiger partial charge in [-0.2, -0.15) is 4.98 Å². The molecule has 31 heavy (non-hydrogen) atoms. The number of hydrogen-bond donors (Lipinski definition) is 1. The Balaban J connectivity index is 1.62. The van der Waals surface area contributed by atoms with E-state index in [1.54, 1.807) is 11.8 Å². The Morgan fingerprint density at radius 3 is 2.84 bits per heavy atom. The highest BCUT2D eigenvalue weighted by molar-refractivity contribution is 9.10. The van der Waals surface area contributed by atoms with Crippen molar-refractivity contribution in [1.82, 2.24) is 15.2 Å². The van der Waals surface area contributed by atoms with Gasteiger partial charge in [0.05, 0.1) is 0 Å². The zero-order valence-electron chi connectivity index (χ0n) is 17.0. The average Bonchev–Trinajstić information content (AvgIpc) is 2.95. The van der Waals surface area contributed by atoms with Crippen LogP contribution in [-0.4, -0.2) is 20.9 Å². The minimum Gasteiger partial charge on any atom is -0.448 e. The van der Waals surface area contributed by atoms with Crippen LogP contribution in [0.15, 0.2) is 70.3 Å². The molecule has 0 unspecified atom stereocenters. The van der Waals surface area contributed by atoms with Gasteiger partial charge in [0.15, 0.2) is 11.9 Å². The summed E-state index contributed by atoms with van der Waals surface area (Å²) in [4.78, 5) is 4.74. The third kappa shape index (κ3) is 4.12. The molecule has 5 nitrogen and oxygen atoms in total. The van der Waals surface area contributed by atoms with Crippen LogP contribution >= 0.6 is 27.7 Å². The first kappa shape index (κ1) is 20.3. The highest BCUT2D eigenvalue weighted by Crippen LogP contribution is 2.41. The first-order valence-electron chi connectivity index (χ1n) is 10.3. The van der Waals surface area contributed by atoms with Crippen LogP contribution in [0.1, 0.15) is 31.6 Å². The molecule has 0 aliphatic carbocycles. The minimum atomic E-state index is -0.405.